The summed E-state index contributed by atoms with van der Waals surface area (Å²) < 4.78 is 3.57. The van der Waals surface area contributed by atoms with Gasteiger partial charge in [0.25, 0.3) is 5.91 Å². The predicted molar refractivity (Wildman–Crippen MR) is 105 cm³/mol. The summed E-state index contributed by atoms with van der Waals surface area (Å²) in [5.74, 6) is 0.0800. The third kappa shape index (κ3) is 3.08. The maximum atomic E-state index is 13.0. The van der Waals surface area contributed by atoms with E-state index in [1.807, 2.05) is 43.6 Å². The van der Waals surface area contributed by atoms with Crippen LogP contribution in [0.5, 0.6) is 0 Å². The molecule has 0 radical (unpaired) electrons. The molecule has 0 N–H and O–H groups in total. The molecular formula is C20H30N6O. The SMILES string of the molecule is Cc1nn(C)c(C)c1-c1cc(C(=O)N2CC(N3CCCC[C@H]3C)C2)n(C)n1. The van der Waals surface area contributed by atoms with E-state index >= 15 is 0 Å². The van der Waals surface area contributed by atoms with Crippen molar-refractivity contribution in [2.75, 3.05) is 19.6 Å². The molecule has 0 unspecified atom stereocenters. The van der Waals surface area contributed by atoms with Crippen molar-refractivity contribution in [2.45, 2.75) is 52.1 Å². The zero-order valence-electron chi connectivity index (χ0n) is 17.1. The summed E-state index contributed by atoms with van der Waals surface area (Å²) in [6, 6.07) is 3.07. The lowest BCUT2D eigenvalue weighted by Crippen LogP contribution is -2.63. The Bertz CT molecular complexity index is 860. The molecule has 4 rings (SSSR count). The second kappa shape index (κ2) is 6.78. The van der Waals surface area contributed by atoms with Crippen molar-refractivity contribution in [3.05, 3.63) is 23.1 Å². The van der Waals surface area contributed by atoms with Crippen molar-refractivity contribution in [1.82, 2.24) is 29.4 Å². The van der Waals surface area contributed by atoms with E-state index in [2.05, 4.69) is 22.0 Å². The molecule has 0 saturated carbocycles. The second-order valence-corrected chi connectivity index (χ2v) is 8.15. The standard InChI is InChI=1S/C20H30N6O/c1-13-8-6-7-9-26(13)16-11-25(12-16)20(27)18-10-17(22-24(18)5)19-14(2)21-23(4)15(19)3/h10,13,16H,6-9,11-12H2,1-5H3/t13-/m1/s1. The van der Waals surface area contributed by atoms with Crippen LogP contribution in [0.4, 0.5) is 0 Å². The van der Waals surface area contributed by atoms with E-state index in [1.165, 1.54) is 25.8 Å². The van der Waals surface area contributed by atoms with Gasteiger partial charge < -0.3 is 4.90 Å². The largest absolute Gasteiger partial charge is 0.334 e. The maximum Gasteiger partial charge on any atom is 0.272 e. The van der Waals surface area contributed by atoms with E-state index in [-0.39, 0.29) is 5.91 Å². The minimum absolute atomic E-state index is 0.0800. The number of likely N-dealkylation sites (tertiary alicyclic amines) is 2. The molecule has 2 aromatic rings. The van der Waals surface area contributed by atoms with Gasteiger partial charge in [-0.25, -0.2) is 0 Å². The Kier molecular flexibility index (Phi) is 4.58. The van der Waals surface area contributed by atoms with Gasteiger partial charge in [0.2, 0.25) is 0 Å². The van der Waals surface area contributed by atoms with E-state index in [0.717, 1.165) is 35.7 Å². The first-order chi connectivity index (χ1) is 12.9. The van der Waals surface area contributed by atoms with Crippen LogP contribution in [0.25, 0.3) is 11.3 Å². The van der Waals surface area contributed by atoms with Gasteiger partial charge in [-0.05, 0) is 46.2 Å². The molecule has 1 amide bonds. The molecule has 2 fully saturated rings. The zero-order chi connectivity index (χ0) is 19.3. The van der Waals surface area contributed by atoms with Gasteiger partial charge in [0, 0.05) is 50.5 Å². The molecule has 146 valence electrons. The highest BCUT2D eigenvalue weighted by atomic mass is 16.2. The van der Waals surface area contributed by atoms with Crippen LogP contribution in [0.15, 0.2) is 6.07 Å². The molecule has 7 heteroatoms. The highest BCUT2D eigenvalue weighted by Crippen LogP contribution is 2.28. The van der Waals surface area contributed by atoms with Gasteiger partial charge in [-0.3, -0.25) is 19.1 Å². The first kappa shape index (κ1) is 18.2. The van der Waals surface area contributed by atoms with Crippen molar-refractivity contribution in [3.63, 3.8) is 0 Å². The molecule has 7 nitrogen and oxygen atoms in total. The lowest BCUT2D eigenvalue weighted by molar-refractivity contribution is 0.00155. The molecule has 2 aliphatic heterocycles. The average Bonchev–Trinajstić information content (AvgIpc) is 3.07. The van der Waals surface area contributed by atoms with Crippen LogP contribution in [-0.4, -0.2) is 67.0 Å². The topological polar surface area (TPSA) is 59.2 Å². The number of carbonyl (C=O) groups excluding carboxylic acids is 1. The van der Waals surface area contributed by atoms with Crippen LogP contribution in [0.1, 0.15) is 48.1 Å². The van der Waals surface area contributed by atoms with Gasteiger partial charge in [0.1, 0.15) is 5.69 Å². The second-order valence-electron chi connectivity index (χ2n) is 8.15. The van der Waals surface area contributed by atoms with Crippen molar-refractivity contribution >= 4 is 5.91 Å². The van der Waals surface area contributed by atoms with E-state index in [0.29, 0.717) is 17.8 Å². The first-order valence-electron chi connectivity index (χ1n) is 9.96. The monoisotopic (exact) mass is 370 g/mol. The normalized spacial score (nSPS) is 21.5. The Hall–Kier alpha value is -2.15. The average molecular weight is 371 g/mol. The van der Waals surface area contributed by atoms with Crippen molar-refractivity contribution in [1.29, 1.82) is 0 Å². The molecule has 2 aliphatic rings. The number of hydrogen-bond acceptors (Lipinski definition) is 4. The number of hydrogen-bond donors (Lipinski definition) is 0. The zero-order valence-corrected chi connectivity index (χ0v) is 17.1. The number of carbonyl (C=O) groups is 1. The highest BCUT2D eigenvalue weighted by Gasteiger charge is 2.38. The van der Waals surface area contributed by atoms with E-state index < -0.39 is 0 Å². The van der Waals surface area contributed by atoms with E-state index in [1.54, 1.807) is 4.68 Å². The fourth-order valence-corrected chi connectivity index (χ4v) is 4.59. The minimum atomic E-state index is 0.0800. The number of nitrogens with zero attached hydrogens (tertiary/aromatic N) is 6. The van der Waals surface area contributed by atoms with Gasteiger partial charge in [0.15, 0.2) is 0 Å². The third-order valence-corrected chi connectivity index (χ3v) is 6.34. The van der Waals surface area contributed by atoms with Crippen LogP contribution in [0.2, 0.25) is 0 Å². The molecule has 0 bridgehead atoms. The minimum Gasteiger partial charge on any atom is -0.334 e. The molecule has 27 heavy (non-hydrogen) atoms. The smallest absolute Gasteiger partial charge is 0.272 e. The van der Waals surface area contributed by atoms with Crippen LogP contribution in [0.3, 0.4) is 0 Å². The third-order valence-electron chi connectivity index (χ3n) is 6.34. The molecule has 2 aromatic heterocycles. The van der Waals surface area contributed by atoms with Gasteiger partial charge in [0.05, 0.1) is 11.4 Å². The number of aromatic nitrogens is 4. The van der Waals surface area contributed by atoms with Crippen LogP contribution < -0.4 is 0 Å². The summed E-state index contributed by atoms with van der Waals surface area (Å²) in [4.78, 5) is 17.5. The summed E-state index contributed by atoms with van der Waals surface area (Å²) in [7, 11) is 3.78. The maximum absolute atomic E-state index is 13.0. The molecule has 0 spiro atoms. The molecule has 1 atom stereocenters. The fraction of sp³-hybridized carbons (Fsp3) is 0.650. The predicted octanol–water partition coefficient (Wildman–Crippen LogP) is 2.14. The molecule has 0 aromatic carbocycles. The lowest BCUT2D eigenvalue weighted by atomic mass is 9.97. The Morgan fingerprint density at radius 3 is 2.48 bits per heavy atom. The van der Waals surface area contributed by atoms with Crippen LogP contribution in [-0.2, 0) is 14.1 Å². The first-order valence-corrected chi connectivity index (χ1v) is 9.96. The summed E-state index contributed by atoms with van der Waals surface area (Å²) in [5, 5.41) is 9.07. The fourth-order valence-electron chi connectivity index (χ4n) is 4.59. The summed E-state index contributed by atoms with van der Waals surface area (Å²) in [6.07, 6.45) is 3.89. The number of rotatable bonds is 3. The molecule has 0 aliphatic carbocycles. The molecule has 4 heterocycles. The van der Waals surface area contributed by atoms with E-state index in [4.69, 9.17) is 0 Å². The molecular weight excluding hydrogens is 340 g/mol. The van der Waals surface area contributed by atoms with Crippen LogP contribution in [0, 0.1) is 13.8 Å². The quantitative estimate of drug-likeness (QED) is 0.831. The number of aryl methyl sites for hydroxylation is 3. The van der Waals surface area contributed by atoms with Gasteiger partial charge in [-0.2, -0.15) is 10.2 Å². The van der Waals surface area contributed by atoms with Crippen molar-refractivity contribution in [2.24, 2.45) is 14.1 Å². The lowest BCUT2D eigenvalue weighted by Gasteiger charge is -2.49. The number of amides is 1. The van der Waals surface area contributed by atoms with Crippen molar-refractivity contribution < 1.29 is 4.79 Å². The van der Waals surface area contributed by atoms with Gasteiger partial charge in [-0.1, -0.05) is 6.42 Å². The Labute approximate surface area is 160 Å². The van der Waals surface area contributed by atoms with Crippen LogP contribution >= 0.6 is 0 Å². The highest BCUT2D eigenvalue weighted by molar-refractivity contribution is 5.94. The molecule has 2 saturated heterocycles. The Balaban J connectivity index is 1.48. The summed E-state index contributed by atoms with van der Waals surface area (Å²) in [6.45, 7) is 9.16. The number of piperidine rings is 1. The Morgan fingerprint density at radius 1 is 1.11 bits per heavy atom. The van der Waals surface area contributed by atoms with Crippen molar-refractivity contribution in [3.8, 4) is 11.3 Å². The summed E-state index contributed by atoms with van der Waals surface area (Å²) >= 11 is 0. The van der Waals surface area contributed by atoms with E-state index in [9.17, 15) is 4.79 Å². The Morgan fingerprint density at radius 2 is 1.85 bits per heavy atom. The van der Waals surface area contributed by atoms with Gasteiger partial charge >= 0.3 is 0 Å². The summed E-state index contributed by atoms with van der Waals surface area (Å²) in [5.41, 5.74) is 4.50. The van der Waals surface area contributed by atoms with Gasteiger partial charge in [-0.15, -0.1) is 0 Å².